The highest BCUT2D eigenvalue weighted by Crippen LogP contribution is 2.44. The molecule has 0 aliphatic rings. The van der Waals surface area contributed by atoms with E-state index in [1.807, 2.05) is 14.2 Å². The van der Waals surface area contributed by atoms with Crippen LogP contribution in [-0.2, 0) is 36.3 Å². The van der Waals surface area contributed by atoms with Gasteiger partial charge in [-0.3, -0.25) is 4.99 Å². The lowest BCUT2D eigenvalue weighted by Gasteiger charge is -2.32. The molecule has 0 radical (unpaired) electrons. The second-order valence-electron chi connectivity index (χ2n) is 18.6. The molecule has 0 spiro atoms. The van der Waals surface area contributed by atoms with E-state index in [1.54, 1.807) is 0 Å². The maximum absolute atomic E-state index is 7.25. The number of hydrogen-bond donors (Lipinski definition) is 0. The molecule has 10 rings (SSSR count). The molecule has 0 aliphatic heterocycles. The van der Waals surface area contributed by atoms with E-state index in [2.05, 4.69) is 251 Å². The number of pyridine rings is 2. The van der Waals surface area contributed by atoms with Gasteiger partial charge in [-0.25, -0.2) is 9.13 Å². The van der Waals surface area contributed by atoms with Gasteiger partial charge in [0.2, 0.25) is 5.69 Å². The van der Waals surface area contributed by atoms with Crippen LogP contribution in [0.15, 0.2) is 216 Å². The summed E-state index contributed by atoms with van der Waals surface area (Å²) in [5.74, 6) is 0. The molecule has 2 atom stereocenters. The Bertz CT molecular complexity index is 3570. The summed E-state index contributed by atoms with van der Waals surface area (Å²) in [5.41, 5.74) is 13.0. The van der Waals surface area contributed by atoms with Gasteiger partial charge in [-0.2, -0.15) is 0 Å². The van der Waals surface area contributed by atoms with Crippen LogP contribution in [0.25, 0.3) is 54.6 Å². The number of hydrogen-bond acceptors (Lipinski definition) is 3. The van der Waals surface area contributed by atoms with Gasteiger partial charge in [0, 0.05) is 66.6 Å². The third-order valence-corrected chi connectivity index (χ3v) is 14.6. The number of nitrogens with zero attached hydrogens (tertiary/aromatic N) is 3. The molecule has 5 nitrogen and oxygen atoms in total. The summed E-state index contributed by atoms with van der Waals surface area (Å²) in [5, 5.41) is 6.73. The van der Waals surface area contributed by atoms with Crippen molar-refractivity contribution in [2.75, 3.05) is 14.2 Å². The zero-order chi connectivity index (χ0) is 47.7. The first-order chi connectivity index (χ1) is 33.6. The Morgan fingerprint density at radius 3 is 2.01 bits per heavy atom. The normalized spacial score (nSPS) is 14.1. The predicted octanol–water partition coefficient (Wildman–Crippen LogP) is 13.9. The van der Waals surface area contributed by atoms with Crippen LogP contribution in [0.2, 0.25) is 0 Å². The van der Waals surface area contributed by atoms with Crippen molar-refractivity contribution in [1.82, 2.24) is 0 Å². The highest BCUT2D eigenvalue weighted by Gasteiger charge is 2.42. The molecule has 3 heterocycles. The molecule has 3 aromatic heterocycles. The second kappa shape index (κ2) is 18.7. The molecule has 5 heteroatoms. The largest absolute Gasteiger partial charge is 0.455 e. The molecular weight excluding hydrogens is 843 g/mol. The fraction of sp³-hybridized carbons (Fsp3) is 0.172. The fourth-order valence-electron chi connectivity index (χ4n) is 10.9. The number of aryl methyl sites for hydroxylation is 3. The summed E-state index contributed by atoms with van der Waals surface area (Å²) in [6, 6.07) is 60.8. The molecule has 7 aromatic carbocycles. The minimum Gasteiger partial charge on any atom is -0.455 e. The second-order valence-corrected chi connectivity index (χ2v) is 18.6. The first kappa shape index (κ1) is 45.1. The average Bonchev–Trinajstić information content (AvgIpc) is 3.75. The van der Waals surface area contributed by atoms with Crippen LogP contribution in [0.1, 0.15) is 58.1 Å². The van der Waals surface area contributed by atoms with Crippen LogP contribution in [0, 0.1) is 13.8 Å². The van der Waals surface area contributed by atoms with E-state index < -0.39 is 5.60 Å². The minimum atomic E-state index is -0.857. The van der Waals surface area contributed by atoms with E-state index in [1.165, 1.54) is 33.2 Å². The van der Waals surface area contributed by atoms with Gasteiger partial charge in [-0.05, 0) is 107 Å². The lowest BCUT2D eigenvalue weighted by atomic mass is 9.74. The first-order valence-corrected chi connectivity index (χ1v) is 23.9. The van der Waals surface area contributed by atoms with Crippen molar-refractivity contribution in [2.24, 2.45) is 19.1 Å². The molecule has 0 fully saturated rings. The van der Waals surface area contributed by atoms with E-state index >= 15 is 0 Å². The highest BCUT2D eigenvalue weighted by atomic mass is 16.5. The summed E-state index contributed by atoms with van der Waals surface area (Å²) in [4.78, 5) is 5.04. The van der Waals surface area contributed by atoms with Crippen molar-refractivity contribution in [3.63, 3.8) is 0 Å². The molecular formula is C64H59N3O2+2. The third-order valence-electron chi connectivity index (χ3n) is 14.6. The quantitative estimate of drug-likeness (QED) is 0.0501. The van der Waals surface area contributed by atoms with Crippen LogP contribution in [0.4, 0.5) is 0 Å². The Balaban J connectivity index is 1.13. The number of allylic oxidation sites excluding steroid dienone is 4. The van der Waals surface area contributed by atoms with Crippen molar-refractivity contribution in [3.05, 3.63) is 251 Å². The summed E-state index contributed by atoms with van der Waals surface area (Å²) in [6.45, 7) is 6.78. The zero-order valence-corrected chi connectivity index (χ0v) is 40.7. The van der Waals surface area contributed by atoms with Gasteiger partial charge in [0.25, 0.3) is 0 Å². The predicted molar refractivity (Wildman–Crippen MR) is 285 cm³/mol. The van der Waals surface area contributed by atoms with Gasteiger partial charge < -0.3 is 9.15 Å². The molecule has 340 valence electrons. The van der Waals surface area contributed by atoms with E-state index in [4.69, 9.17) is 14.1 Å². The fourth-order valence-corrected chi connectivity index (χ4v) is 10.9. The number of ether oxygens (including phenoxy) is 1. The maximum atomic E-state index is 7.25. The molecule has 0 amide bonds. The smallest absolute Gasteiger partial charge is 0.218 e. The number of furan rings is 1. The molecule has 10 aromatic rings. The third kappa shape index (κ3) is 8.07. The summed E-state index contributed by atoms with van der Waals surface area (Å²) in [7, 11) is 7.96. The van der Waals surface area contributed by atoms with Crippen molar-refractivity contribution in [1.29, 1.82) is 0 Å². The van der Waals surface area contributed by atoms with Crippen molar-refractivity contribution in [3.8, 4) is 11.1 Å². The number of rotatable bonds is 13. The highest BCUT2D eigenvalue weighted by molar-refractivity contribution is 6.26. The Hall–Kier alpha value is -7.73. The molecule has 0 bridgehead atoms. The van der Waals surface area contributed by atoms with Crippen LogP contribution < -0.4 is 9.13 Å². The summed E-state index contributed by atoms with van der Waals surface area (Å²) in [6.07, 6.45) is 14.3. The van der Waals surface area contributed by atoms with Crippen LogP contribution in [0.5, 0.6) is 0 Å². The van der Waals surface area contributed by atoms with E-state index in [0.29, 0.717) is 6.42 Å². The van der Waals surface area contributed by atoms with Gasteiger partial charge >= 0.3 is 0 Å². The summed E-state index contributed by atoms with van der Waals surface area (Å²) < 4.78 is 18.6. The number of methoxy groups -OCH3 is 1. The molecule has 69 heavy (non-hydrogen) atoms. The Labute approximate surface area is 406 Å². The van der Waals surface area contributed by atoms with Crippen LogP contribution in [0.3, 0.4) is 0 Å². The number of aromatic nitrogens is 2. The van der Waals surface area contributed by atoms with Crippen molar-refractivity contribution >= 4 is 49.2 Å². The molecule has 0 saturated carbocycles. The SMILES string of the molecule is CN=C(/C=C\C=C\CC(C)(c1ccccc1C)c1cccc[n+]1C)c1c(C)c(CC(OC)(c2ccc(-c3ccccc3)cc2)c2cccc[n+]2C)cc2c1oc1c2ccc2ccc3ccccc3c21. The average molecular weight is 902 g/mol. The van der Waals surface area contributed by atoms with Gasteiger partial charge in [-0.1, -0.05) is 146 Å². The number of benzene rings is 7. The number of aliphatic imine (C=N–C) groups is 1. The number of fused-ring (bicyclic) bond motifs is 7. The molecule has 0 N–H and O–H groups in total. The lowest BCUT2D eigenvalue weighted by molar-refractivity contribution is -0.685. The van der Waals surface area contributed by atoms with Crippen LogP contribution >= 0.6 is 0 Å². The zero-order valence-electron chi connectivity index (χ0n) is 40.7. The lowest BCUT2D eigenvalue weighted by Crippen LogP contribution is -2.46. The molecule has 0 aliphatic carbocycles. The molecule has 2 unspecified atom stereocenters. The maximum Gasteiger partial charge on any atom is 0.218 e. The Morgan fingerprint density at radius 2 is 1.29 bits per heavy atom. The monoisotopic (exact) mass is 901 g/mol. The van der Waals surface area contributed by atoms with E-state index in [9.17, 15) is 0 Å². The van der Waals surface area contributed by atoms with E-state index in [-0.39, 0.29) is 5.41 Å². The standard InChI is InChI=1S/C64H59N3O2/c1-44-22-13-16-27-55(44)63(3,57-29-17-20-40-66(57)5)39-19-9-12-28-56(65-4)59-45(2)50(42-54-53-38-35-49-32-31-48-25-14-15-26-52(48)60(49)61(53)69-62(54)59)43-64(68-7,58-30-18-21-41-67(58)6)51-36-33-47(34-37-51)46-23-10-8-11-24-46/h8-38,40-42H,39,43H2,1-7H3/q+2/b19-9+,28-12-,65-56?. The van der Waals surface area contributed by atoms with Crippen molar-refractivity contribution in [2.45, 2.75) is 44.6 Å². The van der Waals surface area contributed by atoms with Crippen LogP contribution in [-0.4, -0.2) is 19.9 Å². The Morgan fingerprint density at radius 1 is 0.638 bits per heavy atom. The Kier molecular flexibility index (Phi) is 12.2. The molecule has 0 saturated heterocycles. The topological polar surface area (TPSA) is 42.5 Å². The van der Waals surface area contributed by atoms with E-state index in [0.717, 1.165) is 78.4 Å². The van der Waals surface area contributed by atoms with Gasteiger partial charge in [0.05, 0.1) is 11.1 Å². The minimum absolute atomic E-state index is 0.253. The first-order valence-electron chi connectivity index (χ1n) is 23.9. The van der Waals surface area contributed by atoms with Crippen molar-refractivity contribution < 1.29 is 18.3 Å². The van der Waals surface area contributed by atoms with Gasteiger partial charge in [-0.15, -0.1) is 0 Å². The van der Waals surface area contributed by atoms with Gasteiger partial charge in [0.1, 0.15) is 25.3 Å². The summed E-state index contributed by atoms with van der Waals surface area (Å²) >= 11 is 0. The van der Waals surface area contributed by atoms with Gasteiger partial charge in [0.15, 0.2) is 23.7 Å².